The molecule has 0 saturated carbocycles. The summed E-state index contributed by atoms with van der Waals surface area (Å²) in [6.45, 7) is 6.32. The van der Waals surface area contributed by atoms with Crippen molar-refractivity contribution in [3.8, 4) is 0 Å². The topological polar surface area (TPSA) is 47.6 Å². The molecule has 0 atom stereocenters. The lowest BCUT2D eigenvalue weighted by Crippen LogP contribution is -2.24. The highest BCUT2D eigenvalue weighted by molar-refractivity contribution is 5.45. The fourth-order valence-electron chi connectivity index (χ4n) is 1.19. The van der Waals surface area contributed by atoms with E-state index < -0.39 is 0 Å². The molecule has 0 aromatic heterocycles. The van der Waals surface area contributed by atoms with Gasteiger partial charge in [-0.2, -0.15) is 0 Å². The number of rotatable bonds is 12. The van der Waals surface area contributed by atoms with E-state index in [9.17, 15) is 4.79 Å². The molecule has 0 fully saturated rings. The zero-order valence-corrected chi connectivity index (χ0v) is 10.5. The average Bonchev–Trinajstić information content (AvgIpc) is 2.29. The van der Waals surface area contributed by atoms with Crippen LogP contribution >= 0.6 is 0 Å². The Bertz CT molecular complexity index is 143. The third kappa shape index (κ3) is 9.93. The molecule has 1 amide bonds. The summed E-state index contributed by atoms with van der Waals surface area (Å²) in [6.07, 6.45) is 5.58. The van der Waals surface area contributed by atoms with Crippen molar-refractivity contribution in [3.63, 3.8) is 0 Å². The lowest BCUT2D eigenvalue weighted by molar-refractivity contribution is -0.146. The number of hydrogen-bond donors (Lipinski definition) is 1. The van der Waals surface area contributed by atoms with Gasteiger partial charge in [0.05, 0.1) is 0 Å². The zero-order chi connectivity index (χ0) is 12.1. The first-order valence-corrected chi connectivity index (χ1v) is 6.25. The van der Waals surface area contributed by atoms with Gasteiger partial charge in [-0.05, 0) is 12.8 Å². The molecule has 0 aromatic carbocycles. The summed E-state index contributed by atoms with van der Waals surface area (Å²) < 4.78 is 11.2. The first-order valence-electron chi connectivity index (χ1n) is 6.25. The van der Waals surface area contributed by atoms with Crippen molar-refractivity contribution in [2.75, 3.05) is 19.8 Å². The Labute approximate surface area is 98.7 Å². The van der Waals surface area contributed by atoms with Crippen molar-refractivity contribution in [3.05, 3.63) is 0 Å². The van der Waals surface area contributed by atoms with E-state index in [2.05, 4.69) is 19.2 Å². The standard InChI is InChI=1S/C12H25NO3/c1-3-5-9-15-12(7-8-13-11-14)16-10-6-4-2/h11-12H,3-10H2,1-2H3,(H,13,14). The summed E-state index contributed by atoms with van der Waals surface area (Å²) in [7, 11) is 0. The van der Waals surface area contributed by atoms with Crippen molar-refractivity contribution in [1.82, 2.24) is 5.32 Å². The summed E-state index contributed by atoms with van der Waals surface area (Å²) in [6, 6.07) is 0. The van der Waals surface area contributed by atoms with Crippen LogP contribution in [0.3, 0.4) is 0 Å². The molecule has 0 bridgehead atoms. The molecule has 0 saturated heterocycles. The van der Waals surface area contributed by atoms with Gasteiger partial charge in [0.1, 0.15) is 0 Å². The van der Waals surface area contributed by atoms with Crippen LogP contribution in [0.1, 0.15) is 46.0 Å². The summed E-state index contributed by atoms with van der Waals surface area (Å²) in [4.78, 5) is 10.1. The molecular formula is C12H25NO3. The number of nitrogens with one attached hydrogen (secondary N) is 1. The van der Waals surface area contributed by atoms with Crippen molar-refractivity contribution >= 4 is 6.41 Å². The average molecular weight is 231 g/mol. The Morgan fingerprint density at radius 3 is 2.12 bits per heavy atom. The van der Waals surface area contributed by atoms with Crippen LogP contribution in [0, 0.1) is 0 Å². The second kappa shape index (κ2) is 12.5. The molecule has 0 spiro atoms. The van der Waals surface area contributed by atoms with Gasteiger partial charge in [-0.25, -0.2) is 0 Å². The molecule has 0 unspecified atom stereocenters. The number of carbonyl (C=O) groups is 1. The van der Waals surface area contributed by atoms with E-state index in [1.807, 2.05) is 0 Å². The van der Waals surface area contributed by atoms with Gasteiger partial charge in [-0.15, -0.1) is 0 Å². The highest BCUT2D eigenvalue weighted by Gasteiger charge is 2.08. The maximum absolute atomic E-state index is 10.1. The first kappa shape index (κ1) is 15.4. The Morgan fingerprint density at radius 2 is 1.69 bits per heavy atom. The second-order valence-corrected chi connectivity index (χ2v) is 3.74. The number of unbranched alkanes of at least 4 members (excludes halogenated alkanes) is 2. The highest BCUT2D eigenvalue weighted by Crippen LogP contribution is 2.03. The van der Waals surface area contributed by atoms with E-state index in [1.54, 1.807) is 0 Å². The van der Waals surface area contributed by atoms with Gasteiger partial charge in [0, 0.05) is 26.2 Å². The Balaban J connectivity index is 3.62. The lowest BCUT2D eigenvalue weighted by atomic mass is 10.3. The SMILES string of the molecule is CCCCOC(CCNC=O)OCCCC. The Kier molecular flexibility index (Phi) is 12.0. The number of amides is 1. The van der Waals surface area contributed by atoms with E-state index in [-0.39, 0.29) is 6.29 Å². The maximum atomic E-state index is 10.1. The second-order valence-electron chi connectivity index (χ2n) is 3.74. The Hall–Kier alpha value is -0.610. The summed E-state index contributed by atoms with van der Waals surface area (Å²) in [5.74, 6) is 0. The molecule has 1 N–H and O–H groups in total. The molecule has 0 aliphatic carbocycles. The number of hydrogen-bond acceptors (Lipinski definition) is 3. The third-order valence-electron chi connectivity index (χ3n) is 2.21. The van der Waals surface area contributed by atoms with E-state index in [0.717, 1.165) is 38.9 Å². The molecule has 0 rings (SSSR count). The predicted molar refractivity (Wildman–Crippen MR) is 64.2 cm³/mol. The monoisotopic (exact) mass is 231 g/mol. The largest absolute Gasteiger partial charge is 0.358 e. The molecule has 4 nitrogen and oxygen atoms in total. The van der Waals surface area contributed by atoms with Gasteiger partial charge in [0.2, 0.25) is 6.41 Å². The van der Waals surface area contributed by atoms with Crippen molar-refractivity contribution in [1.29, 1.82) is 0 Å². The maximum Gasteiger partial charge on any atom is 0.207 e. The van der Waals surface area contributed by atoms with Crippen LogP contribution in [0.25, 0.3) is 0 Å². The molecule has 96 valence electrons. The van der Waals surface area contributed by atoms with Gasteiger partial charge in [0.25, 0.3) is 0 Å². The van der Waals surface area contributed by atoms with Crippen LogP contribution in [0.15, 0.2) is 0 Å². The van der Waals surface area contributed by atoms with Gasteiger partial charge in [0.15, 0.2) is 6.29 Å². The van der Waals surface area contributed by atoms with E-state index in [1.165, 1.54) is 0 Å². The highest BCUT2D eigenvalue weighted by atomic mass is 16.7. The fourth-order valence-corrected chi connectivity index (χ4v) is 1.19. The summed E-state index contributed by atoms with van der Waals surface area (Å²) >= 11 is 0. The minimum atomic E-state index is -0.175. The van der Waals surface area contributed by atoms with Gasteiger partial charge in [-0.1, -0.05) is 26.7 Å². The van der Waals surface area contributed by atoms with Crippen LogP contribution in [-0.2, 0) is 14.3 Å². The summed E-state index contributed by atoms with van der Waals surface area (Å²) in [5.41, 5.74) is 0. The quantitative estimate of drug-likeness (QED) is 0.318. The molecule has 4 heteroatoms. The third-order valence-corrected chi connectivity index (χ3v) is 2.21. The smallest absolute Gasteiger partial charge is 0.207 e. The van der Waals surface area contributed by atoms with Gasteiger partial charge < -0.3 is 14.8 Å². The minimum Gasteiger partial charge on any atom is -0.358 e. The van der Waals surface area contributed by atoms with E-state index in [0.29, 0.717) is 19.4 Å². The van der Waals surface area contributed by atoms with Crippen LogP contribution in [0.2, 0.25) is 0 Å². The normalized spacial score (nSPS) is 10.7. The zero-order valence-electron chi connectivity index (χ0n) is 10.5. The molecule has 16 heavy (non-hydrogen) atoms. The molecule has 0 aliphatic rings. The molecule has 0 radical (unpaired) electrons. The van der Waals surface area contributed by atoms with Crippen LogP contribution < -0.4 is 5.32 Å². The molecule has 0 aromatic rings. The summed E-state index contributed by atoms with van der Waals surface area (Å²) in [5, 5.41) is 2.62. The fraction of sp³-hybridized carbons (Fsp3) is 0.917. The Morgan fingerprint density at radius 1 is 1.12 bits per heavy atom. The first-order chi connectivity index (χ1) is 7.85. The predicted octanol–water partition coefficient (Wildman–Crippen LogP) is 2.08. The van der Waals surface area contributed by atoms with Crippen LogP contribution in [-0.4, -0.2) is 32.5 Å². The minimum absolute atomic E-state index is 0.175. The van der Waals surface area contributed by atoms with Crippen molar-refractivity contribution < 1.29 is 14.3 Å². The van der Waals surface area contributed by atoms with Crippen LogP contribution in [0.4, 0.5) is 0 Å². The van der Waals surface area contributed by atoms with Crippen molar-refractivity contribution in [2.45, 2.75) is 52.2 Å². The molecular weight excluding hydrogens is 206 g/mol. The molecule has 0 aliphatic heterocycles. The van der Waals surface area contributed by atoms with Crippen LogP contribution in [0.5, 0.6) is 0 Å². The lowest BCUT2D eigenvalue weighted by Gasteiger charge is -2.18. The van der Waals surface area contributed by atoms with E-state index >= 15 is 0 Å². The van der Waals surface area contributed by atoms with Crippen molar-refractivity contribution in [2.24, 2.45) is 0 Å². The number of carbonyl (C=O) groups excluding carboxylic acids is 1. The number of ether oxygens (including phenoxy) is 2. The van der Waals surface area contributed by atoms with Gasteiger partial charge in [-0.3, -0.25) is 4.79 Å². The van der Waals surface area contributed by atoms with Gasteiger partial charge >= 0.3 is 0 Å². The molecule has 0 heterocycles. The van der Waals surface area contributed by atoms with E-state index in [4.69, 9.17) is 9.47 Å².